The summed E-state index contributed by atoms with van der Waals surface area (Å²) in [6.45, 7) is 1.07. The van der Waals surface area contributed by atoms with Gasteiger partial charge in [0.25, 0.3) is 0 Å². The second-order valence-electron chi connectivity index (χ2n) is 8.67. The Morgan fingerprint density at radius 3 is 2.33 bits per heavy atom. The highest BCUT2D eigenvalue weighted by Gasteiger charge is 2.31. The van der Waals surface area contributed by atoms with Crippen molar-refractivity contribution in [2.75, 3.05) is 13.1 Å². The fraction of sp³-hybridized carbons (Fsp3) is 0.636. The van der Waals surface area contributed by atoms with E-state index in [9.17, 15) is 29.1 Å². The summed E-state index contributed by atoms with van der Waals surface area (Å²) in [5.41, 5.74) is 6.13. The maximum absolute atomic E-state index is 13.2. The van der Waals surface area contributed by atoms with Gasteiger partial charge in [-0.2, -0.15) is 0 Å². The number of carboxylic acids is 2. The van der Waals surface area contributed by atoms with E-state index in [1.807, 2.05) is 0 Å². The van der Waals surface area contributed by atoms with Crippen molar-refractivity contribution in [1.29, 1.82) is 0 Å². The lowest BCUT2D eigenvalue weighted by molar-refractivity contribution is -0.143. The van der Waals surface area contributed by atoms with Gasteiger partial charge < -0.3 is 42.2 Å². The number of carbonyl (C=O) groups excluding carboxylic acids is 3. The van der Waals surface area contributed by atoms with Gasteiger partial charge in [0.15, 0.2) is 0 Å². The summed E-state index contributed by atoms with van der Waals surface area (Å²) >= 11 is 0. The van der Waals surface area contributed by atoms with Crippen LogP contribution in [-0.4, -0.2) is 87.1 Å². The average molecular weight is 510 g/mol. The predicted octanol–water partition coefficient (Wildman–Crippen LogP) is -1.76. The van der Waals surface area contributed by atoms with Crippen molar-refractivity contribution in [1.82, 2.24) is 31.2 Å². The number of nitrogens with two attached hydrogens (primary N) is 1. The fourth-order valence-corrected chi connectivity index (χ4v) is 3.84. The minimum absolute atomic E-state index is 0.0950. The summed E-state index contributed by atoms with van der Waals surface area (Å²) in [5.74, 6) is -4.30. The Morgan fingerprint density at radius 1 is 1.03 bits per heavy atom. The van der Waals surface area contributed by atoms with E-state index in [1.165, 1.54) is 12.5 Å². The van der Waals surface area contributed by atoms with Crippen LogP contribution in [0.1, 0.15) is 50.6 Å². The molecule has 2 heterocycles. The number of nitrogens with zero attached hydrogens (tertiary/aromatic N) is 1. The summed E-state index contributed by atoms with van der Waals surface area (Å²) < 4.78 is 0. The topological polar surface area (TPSA) is 229 Å². The molecule has 1 saturated heterocycles. The normalized spacial score (nSPS) is 17.5. The Hall–Kier alpha value is -3.52. The quantitative estimate of drug-likeness (QED) is 0.117. The highest BCUT2D eigenvalue weighted by Crippen LogP contribution is 2.09. The standard InChI is InChI=1S/C22H35N7O7/c23-8-2-1-4-15(20(33)28-16(22(35)36)6-7-18(30)31)27-21(34)17(10-13-11-24-12-26-13)29-19(32)14-5-3-9-25-14/h11-12,14-17,25H,1-10,23H2,(H,24,26)(H,27,34)(H,28,33)(H,29,32)(H,30,31)(H,35,36). The Balaban J connectivity index is 2.13. The van der Waals surface area contributed by atoms with Gasteiger partial charge in [0.1, 0.15) is 18.1 Å². The van der Waals surface area contributed by atoms with Crippen molar-refractivity contribution >= 4 is 29.7 Å². The van der Waals surface area contributed by atoms with E-state index in [2.05, 4.69) is 31.2 Å². The first-order valence-corrected chi connectivity index (χ1v) is 12.0. The summed E-state index contributed by atoms with van der Waals surface area (Å²) in [4.78, 5) is 68.0. The smallest absolute Gasteiger partial charge is 0.326 e. The predicted molar refractivity (Wildman–Crippen MR) is 127 cm³/mol. The molecule has 2 rings (SSSR count). The number of unbranched alkanes of at least 4 members (excludes halogenated alkanes) is 1. The van der Waals surface area contributed by atoms with Crippen molar-refractivity contribution in [3.05, 3.63) is 18.2 Å². The number of amides is 3. The number of nitrogens with one attached hydrogen (secondary N) is 5. The molecule has 36 heavy (non-hydrogen) atoms. The number of rotatable bonds is 16. The molecular weight excluding hydrogens is 474 g/mol. The zero-order chi connectivity index (χ0) is 26.5. The Labute approximate surface area is 208 Å². The second kappa shape index (κ2) is 14.8. The number of imidazole rings is 1. The largest absolute Gasteiger partial charge is 0.481 e. The van der Waals surface area contributed by atoms with Gasteiger partial charge in [0.2, 0.25) is 17.7 Å². The zero-order valence-corrected chi connectivity index (χ0v) is 20.0. The van der Waals surface area contributed by atoms with Crippen LogP contribution in [0.2, 0.25) is 0 Å². The average Bonchev–Trinajstić information content (AvgIpc) is 3.54. The minimum Gasteiger partial charge on any atom is -0.481 e. The van der Waals surface area contributed by atoms with Gasteiger partial charge in [-0.1, -0.05) is 0 Å². The molecular formula is C22H35N7O7. The van der Waals surface area contributed by atoms with Gasteiger partial charge in [-0.05, 0) is 51.6 Å². The minimum atomic E-state index is -1.43. The number of carbonyl (C=O) groups is 5. The van der Waals surface area contributed by atoms with Crippen LogP contribution in [0, 0.1) is 0 Å². The molecule has 4 atom stereocenters. The van der Waals surface area contributed by atoms with Crippen molar-refractivity contribution in [3.63, 3.8) is 0 Å². The lowest BCUT2D eigenvalue weighted by Gasteiger charge is -2.25. The van der Waals surface area contributed by atoms with Crippen molar-refractivity contribution in [3.8, 4) is 0 Å². The molecule has 1 aliphatic heterocycles. The third-order valence-corrected chi connectivity index (χ3v) is 5.83. The summed E-state index contributed by atoms with van der Waals surface area (Å²) in [6, 6.07) is -3.98. The van der Waals surface area contributed by atoms with Crippen LogP contribution in [-0.2, 0) is 30.4 Å². The van der Waals surface area contributed by atoms with Crippen LogP contribution in [0.15, 0.2) is 12.5 Å². The molecule has 1 fully saturated rings. The van der Waals surface area contributed by atoms with Crippen LogP contribution in [0.3, 0.4) is 0 Å². The molecule has 14 heteroatoms. The first-order valence-electron chi connectivity index (χ1n) is 12.0. The zero-order valence-electron chi connectivity index (χ0n) is 20.0. The van der Waals surface area contributed by atoms with E-state index < -0.39 is 54.3 Å². The van der Waals surface area contributed by atoms with Crippen molar-refractivity contribution in [2.45, 2.75) is 75.5 Å². The third-order valence-electron chi connectivity index (χ3n) is 5.83. The molecule has 200 valence electrons. The fourth-order valence-electron chi connectivity index (χ4n) is 3.84. The lowest BCUT2D eigenvalue weighted by atomic mass is 10.0. The molecule has 9 N–H and O–H groups in total. The number of H-pyrrole nitrogens is 1. The van der Waals surface area contributed by atoms with E-state index in [-0.39, 0.29) is 25.2 Å². The molecule has 0 spiro atoms. The lowest BCUT2D eigenvalue weighted by Crippen LogP contribution is -2.57. The van der Waals surface area contributed by atoms with E-state index in [1.54, 1.807) is 0 Å². The van der Waals surface area contributed by atoms with Gasteiger partial charge in [0.05, 0.1) is 12.4 Å². The monoisotopic (exact) mass is 509 g/mol. The number of hydrogen-bond acceptors (Lipinski definition) is 8. The van der Waals surface area contributed by atoms with Crippen molar-refractivity contribution < 1.29 is 34.2 Å². The highest BCUT2D eigenvalue weighted by atomic mass is 16.4. The number of hydrogen-bond donors (Lipinski definition) is 8. The van der Waals surface area contributed by atoms with Crippen LogP contribution < -0.4 is 27.0 Å². The van der Waals surface area contributed by atoms with Gasteiger partial charge in [-0.25, -0.2) is 9.78 Å². The van der Waals surface area contributed by atoms with Gasteiger partial charge in [0, 0.05) is 24.7 Å². The first-order chi connectivity index (χ1) is 17.2. The molecule has 4 unspecified atom stereocenters. The molecule has 0 aliphatic carbocycles. The molecule has 1 aromatic rings. The van der Waals surface area contributed by atoms with Crippen LogP contribution in [0.5, 0.6) is 0 Å². The van der Waals surface area contributed by atoms with Crippen LogP contribution in [0.4, 0.5) is 0 Å². The molecule has 0 aromatic carbocycles. The Morgan fingerprint density at radius 2 is 1.75 bits per heavy atom. The third kappa shape index (κ3) is 9.62. The Kier molecular flexibility index (Phi) is 11.8. The molecule has 1 aliphatic rings. The summed E-state index contributed by atoms with van der Waals surface area (Å²) in [6.07, 6.45) is 5.00. The number of aliphatic carboxylic acids is 2. The Bertz CT molecular complexity index is 887. The number of aromatic nitrogens is 2. The van der Waals surface area contributed by atoms with E-state index in [0.717, 1.165) is 6.42 Å². The molecule has 1 aromatic heterocycles. The molecule has 0 radical (unpaired) electrons. The van der Waals surface area contributed by atoms with E-state index in [4.69, 9.17) is 10.8 Å². The van der Waals surface area contributed by atoms with E-state index in [0.29, 0.717) is 38.0 Å². The summed E-state index contributed by atoms with van der Waals surface area (Å²) in [7, 11) is 0. The number of carboxylic acid groups (broad SMARTS) is 2. The second-order valence-corrected chi connectivity index (χ2v) is 8.67. The molecule has 0 bridgehead atoms. The number of aromatic amines is 1. The first kappa shape index (κ1) is 28.7. The molecule has 3 amide bonds. The maximum atomic E-state index is 13.2. The summed E-state index contributed by atoms with van der Waals surface area (Å²) in [5, 5.41) is 29.0. The molecule has 14 nitrogen and oxygen atoms in total. The van der Waals surface area contributed by atoms with E-state index >= 15 is 0 Å². The SMILES string of the molecule is NCCCCC(NC(=O)C(Cc1cnc[nH]1)NC(=O)C1CCCN1)C(=O)NC(CCC(=O)O)C(=O)O. The van der Waals surface area contributed by atoms with Gasteiger partial charge >= 0.3 is 11.9 Å². The van der Waals surface area contributed by atoms with Gasteiger partial charge in [-0.3, -0.25) is 19.2 Å². The maximum Gasteiger partial charge on any atom is 0.326 e. The van der Waals surface area contributed by atoms with Crippen LogP contribution >= 0.6 is 0 Å². The van der Waals surface area contributed by atoms with Crippen molar-refractivity contribution in [2.24, 2.45) is 5.73 Å². The van der Waals surface area contributed by atoms with Gasteiger partial charge in [-0.15, -0.1) is 0 Å². The molecule has 0 saturated carbocycles. The highest BCUT2D eigenvalue weighted by molar-refractivity contribution is 5.94. The van der Waals surface area contributed by atoms with Crippen LogP contribution in [0.25, 0.3) is 0 Å².